The molecule has 0 spiro atoms. The van der Waals surface area contributed by atoms with Crippen LogP contribution < -0.4 is 10.6 Å². The van der Waals surface area contributed by atoms with Gasteiger partial charge in [-0.3, -0.25) is 4.79 Å². The molecule has 0 saturated heterocycles. The van der Waals surface area contributed by atoms with Crippen molar-refractivity contribution in [2.24, 2.45) is 0 Å². The van der Waals surface area contributed by atoms with Crippen molar-refractivity contribution in [2.75, 3.05) is 10.6 Å². The lowest BCUT2D eigenvalue weighted by Crippen LogP contribution is -2.32. The molecular weight excluding hydrogens is 262 g/mol. The zero-order valence-corrected chi connectivity index (χ0v) is 11.4. The first-order chi connectivity index (χ1) is 10.3. The Morgan fingerprint density at radius 1 is 1.14 bits per heavy atom. The maximum absolute atomic E-state index is 12.4. The Morgan fingerprint density at radius 2 is 2.05 bits per heavy atom. The van der Waals surface area contributed by atoms with E-state index in [1.165, 1.54) is 5.56 Å². The summed E-state index contributed by atoms with van der Waals surface area (Å²) in [6.07, 6.45) is 2.62. The summed E-state index contributed by atoms with van der Waals surface area (Å²) in [6.45, 7) is 0. The summed E-state index contributed by atoms with van der Waals surface area (Å²) in [6, 6.07) is 15.7. The molecule has 2 heterocycles. The predicted molar refractivity (Wildman–Crippen MR) is 84.5 cm³/mol. The molecule has 1 aliphatic rings. The highest BCUT2D eigenvalue weighted by atomic mass is 16.2. The maximum Gasteiger partial charge on any atom is 0.247 e. The van der Waals surface area contributed by atoms with Crippen LogP contribution in [0.4, 0.5) is 11.4 Å². The predicted octanol–water partition coefficient (Wildman–Crippen LogP) is 3.14. The molecule has 2 aromatic carbocycles. The van der Waals surface area contributed by atoms with Crippen molar-refractivity contribution in [1.82, 2.24) is 4.98 Å². The molecule has 4 nitrogen and oxygen atoms in total. The average molecular weight is 277 g/mol. The highest BCUT2D eigenvalue weighted by Crippen LogP contribution is 2.26. The van der Waals surface area contributed by atoms with Crippen molar-refractivity contribution in [1.29, 1.82) is 0 Å². The van der Waals surface area contributed by atoms with Gasteiger partial charge in [0.1, 0.15) is 6.04 Å². The second-order valence-electron chi connectivity index (χ2n) is 5.33. The number of rotatable bonds is 2. The van der Waals surface area contributed by atoms with E-state index in [2.05, 4.69) is 21.7 Å². The number of hydrogen-bond donors (Lipinski definition) is 3. The molecule has 1 aromatic heterocycles. The molecule has 1 aliphatic heterocycles. The summed E-state index contributed by atoms with van der Waals surface area (Å²) in [4.78, 5) is 15.5. The standard InChI is InChI=1S/C17H15N3O/c21-17(16-10-11-3-1-2-4-15(11)20-16)19-13-5-6-14-12(9-13)7-8-18-14/h1-9,16,18,20H,10H2,(H,19,21). The van der Waals surface area contributed by atoms with E-state index in [-0.39, 0.29) is 11.9 Å². The fourth-order valence-corrected chi connectivity index (χ4v) is 2.82. The zero-order valence-electron chi connectivity index (χ0n) is 11.4. The molecular formula is C17H15N3O. The molecule has 4 heteroatoms. The van der Waals surface area contributed by atoms with E-state index < -0.39 is 0 Å². The number of carbonyl (C=O) groups excluding carboxylic acids is 1. The molecule has 4 rings (SSSR count). The Bertz CT molecular complexity index is 797. The molecule has 0 aliphatic carbocycles. The summed E-state index contributed by atoms with van der Waals surface area (Å²) in [5.74, 6) is 0.00101. The minimum absolute atomic E-state index is 0.00101. The number of aromatic nitrogens is 1. The van der Waals surface area contributed by atoms with Crippen LogP contribution in [0, 0.1) is 0 Å². The van der Waals surface area contributed by atoms with Gasteiger partial charge in [-0.15, -0.1) is 0 Å². The lowest BCUT2D eigenvalue weighted by molar-refractivity contribution is -0.116. The molecule has 0 radical (unpaired) electrons. The Morgan fingerprint density at radius 3 is 2.95 bits per heavy atom. The van der Waals surface area contributed by atoms with Crippen molar-refractivity contribution in [3.63, 3.8) is 0 Å². The van der Waals surface area contributed by atoms with Gasteiger partial charge in [0, 0.05) is 34.9 Å². The topological polar surface area (TPSA) is 56.9 Å². The highest BCUT2D eigenvalue weighted by Gasteiger charge is 2.26. The fraction of sp³-hybridized carbons (Fsp3) is 0.118. The number of nitrogens with one attached hydrogen (secondary N) is 3. The summed E-state index contributed by atoms with van der Waals surface area (Å²) in [5, 5.41) is 7.35. The van der Waals surface area contributed by atoms with Crippen molar-refractivity contribution >= 4 is 28.2 Å². The first-order valence-corrected chi connectivity index (χ1v) is 7.02. The second kappa shape index (κ2) is 4.66. The number of aromatic amines is 1. The van der Waals surface area contributed by atoms with Crippen molar-refractivity contribution in [3.8, 4) is 0 Å². The number of carbonyl (C=O) groups is 1. The van der Waals surface area contributed by atoms with Crippen molar-refractivity contribution in [3.05, 3.63) is 60.3 Å². The van der Waals surface area contributed by atoms with Gasteiger partial charge in [0.2, 0.25) is 5.91 Å². The van der Waals surface area contributed by atoms with Crippen LogP contribution in [0.5, 0.6) is 0 Å². The largest absolute Gasteiger partial charge is 0.373 e. The van der Waals surface area contributed by atoms with Gasteiger partial charge < -0.3 is 15.6 Å². The van der Waals surface area contributed by atoms with Gasteiger partial charge in [-0.1, -0.05) is 18.2 Å². The monoisotopic (exact) mass is 277 g/mol. The smallest absolute Gasteiger partial charge is 0.247 e. The van der Waals surface area contributed by atoms with Crippen LogP contribution in [0.15, 0.2) is 54.7 Å². The van der Waals surface area contributed by atoms with Crippen LogP contribution in [0.1, 0.15) is 5.56 Å². The molecule has 3 N–H and O–H groups in total. The van der Waals surface area contributed by atoms with E-state index in [0.717, 1.165) is 28.7 Å². The lowest BCUT2D eigenvalue weighted by atomic mass is 10.1. The van der Waals surface area contributed by atoms with Crippen LogP contribution in [0.2, 0.25) is 0 Å². The first-order valence-electron chi connectivity index (χ1n) is 7.02. The summed E-state index contributed by atoms with van der Waals surface area (Å²) < 4.78 is 0. The van der Waals surface area contributed by atoms with Crippen LogP contribution in [0.25, 0.3) is 10.9 Å². The number of H-pyrrole nitrogens is 1. The molecule has 104 valence electrons. The number of anilines is 2. The van der Waals surface area contributed by atoms with Gasteiger partial charge in [-0.25, -0.2) is 0 Å². The maximum atomic E-state index is 12.4. The third kappa shape index (κ3) is 2.14. The Labute approximate surface area is 122 Å². The van der Waals surface area contributed by atoms with Crippen molar-refractivity contribution < 1.29 is 4.79 Å². The third-order valence-electron chi connectivity index (χ3n) is 3.91. The number of fused-ring (bicyclic) bond motifs is 2. The molecule has 21 heavy (non-hydrogen) atoms. The molecule has 1 atom stereocenters. The quantitative estimate of drug-likeness (QED) is 0.674. The van der Waals surface area contributed by atoms with Gasteiger partial charge in [0.25, 0.3) is 0 Å². The van der Waals surface area contributed by atoms with Gasteiger partial charge in [0.05, 0.1) is 0 Å². The van der Waals surface area contributed by atoms with Gasteiger partial charge in [-0.2, -0.15) is 0 Å². The van der Waals surface area contributed by atoms with Gasteiger partial charge >= 0.3 is 0 Å². The lowest BCUT2D eigenvalue weighted by Gasteiger charge is -2.12. The normalized spacial score (nSPS) is 16.5. The van der Waals surface area contributed by atoms with Crippen LogP contribution in [-0.4, -0.2) is 16.9 Å². The van der Waals surface area contributed by atoms with E-state index in [1.54, 1.807) is 0 Å². The van der Waals surface area contributed by atoms with E-state index >= 15 is 0 Å². The van der Waals surface area contributed by atoms with Gasteiger partial charge in [-0.05, 0) is 35.9 Å². The van der Waals surface area contributed by atoms with Crippen molar-refractivity contribution in [2.45, 2.75) is 12.5 Å². The summed E-state index contributed by atoms with van der Waals surface area (Å²) in [7, 11) is 0. The average Bonchev–Trinajstić information content (AvgIpc) is 3.13. The van der Waals surface area contributed by atoms with E-state index in [1.807, 2.05) is 48.7 Å². The minimum Gasteiger partial charge on any atom is -0.373 e. The van der Waals surface area contributed by atoms with Crippen LogP contribution >= 0.6 is 0 Å². The SMILES string of the molecule is O=C(Nc1ccc2[nH]ccc2c1)C1Cc2ccccc2N1. The van der Waals surface area contributed by atoms with E-state index in [0.29, 0.717) is 0 Å². The van der Waals surface area contributed by atoms with E-state index in [4.69, 9.17) is 0 Å². The Balaban J connectivity index is 1.51. The number of para-hydroxylation sites is 1. The molecule has 1 amide bonds. The molecule has 1 unspecified atom stereocenters. The third-order valence-corrected chi connectivity index (χ3v) is 3.91. The number of amides is 1. The molecule has 0 fully saturated rings. The van der Waals surface area contributed by atoms with Gasteiger partial charge in [0.15, 0.2) is 0 Å². The van der Waals surface area contributed by atoms with E-state index in [9.17, 15) is 4.79 Å². The number of hydrogen-bond acceptors (Lipinski definition) is 2. The molecule has 0 bridgehead atoms. The fourth-order valence-electron chi connectivity index (χ4n) is 2.82. The number of benzene rings is 2. The molecule has 0 saturated carbocycles. The minimum atomic E-state index is -0.204. The Kier molecular flexibility index (Phi) is 2.67. The zero-order chi connectivity index (χ0) is 14.2. The highest BCUT2D eigenvalue weighted by molar-refractivity contribution is 5.99. The Hall–Kier alpha value is -2.75. The summed E-state index contributed by atoms with van der Waals surface area (Å²) >= 11 is 0. The molecule has 3 aromatic rings. The first kappa shape index (κ1) is 12.0. The van der Waals surface area contributed by atoms with Crippen LogP contribution in [0.3, 0.4) is 0 Å². The van der Waals surface area contributed by atoms with Crippen LogP contribution in [-0.2, 0) is 11.2 Å². The summed E-state index contributed by atoms with van der Waals surface area (Å²) in [5.41, 5.74) is 4.14. The second-order valence-corrected chi connectivity index (χ2v) is 5.33.